The SMILES string of the molecule is COc1cc(C)ccc1-c1cc(C)ncc1C#N. The van der Waals surface area contributed by atoms with Crippen LogP contribution in [-0.2, 0) is 0 Å². The molecule has 0 aliphatic rings. The minimum absolute atomic E-state index is 0.558. The number of nitriles is 1. The minimum Gasteiger partial charge on any atom is -0.496 e. The number of nitrogens with zero attached hydrogens (tertiary/aromatic N) is 2. The highest BCUT2D eigenvalue weighted by Crippen LogP contribution is 2.32. The molecule has 0 amide bonds. The molecule has 0 saturated carbocycles. The summed E-state index contributed by atoms with van der Waals surface area (Å²) in [5.41, 5.74) is 4.35. The third kappa shape index (κ3) is 2.18. The lowest BCUT2D eigenvalue weighted by Crippen LogP contribution is -1.93. The number of hydrogen-bond acceptors (Lipinski definition) is 3. The number of benzene rings is 1. The first-order chi connectivity index (χ1) is 8.65. The molecular weight excluding hydrogens is 224 g/mol. The van der Waals surface area contributed by atoms with E-state index in [1.54, 1.807) is 13.3 Å². The third-order valence-electron chi connectivity index (χ3n) is 2.81. The number of aromatic nitrogens is 1. The van der Waals surface area contributed by atoms with E-state index in [0.717, 1.165) is 28.1 Å². The number of pyridine rings is 1. The first-order valence-electron chi connectivity index (χ1n) is 5.67. The molecule has 0 aliphatic heterocycles. The van der Waals surface area contributed by atoms with Crippen molar-refractivity contribution in [1.29, 1.82) is 5.26 Å². The van der Waals surface area contributed by atoms with Crippen molar-refractivity contribution < 1.29 is 4.74 Å². The van der Waals surface area contributed by atoms with Crippen molar-refractivity contribution in [3.63, 3.8) is 0 Å². The Kier molecular flexibility index (Phi) is 3.29. The van der Waals surface area contributed by atoms with Crippen LogP contribution in [0.4, 0.5) is 0 Å². The summed E-state index contributed by atoms with van der Waals surface area (Å²) in [5, 5.41) is 9.16. The molecule has 0 saturated heterocycles. The maximum atomic E-state index is 9.16. The van der Waals surface area contributed by atoms with Crippen LogP contribution in [0, 0.1) is 25.2 Å². The normalized spacial score (nSPS) is 9.89. The molecule has 0 N–H and O–H groups in total. The molecule has 1 aromatic carbocycles. The molecule has 0 bridgehead atoms. The zero-order valence-electron chi connectivity index (χ0n) is 10.7. The van der Waals surface area contributed by atoms with Gasteiger partial charge in [0, 0.05) is 23.0 Å². The summed E-state index contributed by atoms with van der Waals surface area (Å²) in [4.78, 5) is 4.15. The van der Waals surface area contributed by atoms with Gasteiger partial charge in [-0.2, -0.15) is 5.26 Å². The molecule has 18 heavy (non-hydrogen) atoms. The molecule has 90 valence electrons. The molecule has 0 aliphatic carbocycles. The number of rotatable bonds is 2. The van der Waals surface area contributed by atoms with Gasteiger partial charge in [-0.1, -0.05) is 12.1 Å². The minimum atomic E-state index is 0.558. The average molecular weight is 238 g/mol. The Balaban J connectivity index is 2.69. The first-order valence-corrected chi connectivity index (χ1v) is 5.67. The van der Waals surface area contributed by atoms with Gasteiger partial charge in [0.1, 0.15) is 11.8 Å². The molecule has 0 spiro atoms. The Morgan fingerprint density at radius 2 is 1.94 bits per heavy atom. The quantitative estimate of drug-likeness (QED) is 0.806. The molecule has 1 aromatic heterocycles. The molecule has 0 radical (unpaired) electrons. The van der Waals surface area contributed by atoms with Crippen molar-refractivity contribution in [3.8, 4) is 22.9 Å². The Labute approximate surface area is 107 Å². The zero-order chi connectivity index (χ0) is 13.1. The average Bonchev–Trinajstić information content (AvgIpc) is 2.38. The van der Waals surface area contributed by atoms with Crippen LogP contribution < -0.4 is 4.74 Å². The highest BCUT2D eigenvalue weighted by Gasteiger charge is 2.11. The first kappa shape index (κ1) is 12.1. The van der Waals surface area contributed by atoms with E-state index in [4.69, 9.17) is 10.00 Å². The highest BCUT2D eigenvalue weighted by molar-refractivity contribution is 5.76. The second-order valence-electron chi connectivity index (χ2n) is 4.19. The Bertz CT molecular complexity index is 627. The van der Waals surface area contributed by atoms with Crippen LogP contribution in [0.5, 0.6) is 5.75 Å². The van der Waals surface area contributed by atoms with Gasteiger partial charge in [-0.15, -0.1) is 0 Å². The summed E-state index contributed by atoms with van der Waals surface area (Å²) in [7, 11) is 1.64. The second kappa shape index (κ2) is 4.89. The van der Waals surface area contributed by atoms with Gasteiger partial charge in [0.2, 0.25) is 0 Å². The lowest BCUT2D eigenvalue weighted by Gasteiger charge is -2.11. The number of methoxy groups -OCH3 is 1. The summed E-state index contributed by atoms with van der Waals surface area (Å²) < 4.78 is 5.39. The van der Waals surface area contributed by atoms with Gasteiger partial charge in [-0.25, -0.2) is 0 Å². The van der Waals surface area contributed by atoms with Crippen molar-refractivity contribution >= 4 is 0 Å². The molecule has 2 aromatic rings. The fraction of sp³-hybridized carbons (Fsp3) is 0.200. The maximum absolute atomic E-state index is 9.16. The fourth-order valence-corrected chi connectivity index (χ4v) is 1.89. The third-order valence-corrected chi connectivity index (χ3v) is 2.81. The Hall–Kier alpha value is -2.34. The second-order valence-corrected chi connectivity index (χ2v) is 4.19. The molecule has 0 atom stereocenters. The molecule has 3 nitrogen and oxygen atoms in total. The topological polar surface area (TPSA) is 45.9 Å². The van der Waals surface area contributed by atoms with Gasteiger partial charge in [0.15, 0.2) is 0 Å². The lowest BCUT2D eigenvalue weighted by atomic mass is 9.99. The van der Waals surface area contributed by atoms with E-state index in [9.17, 15) is 0 Å². The Morgan fingerprint density at radius 1 is 1.17 bits per heavy atom. The van der Waals surface area contributed by atoms with Gasteiger partial charge in [0.05, 0.1) is 12.7 Å². The molecule has 0 fully saturated rings. The zero-order valence-corrected chi connectivity index (χ0v) is 10.7. The van der Waals surface area contributed by atoms with Crippen LogP contribution in [0.15, 0.2) is 30.5 Å². The largest absolute Gasteiger partial charge is 0.496 e. The van der Waals surface area contributed by atoms with Crippen LogP contribution in [-0.4, -0.2) is 12.1 Å². The van der Waals surface area contributed by atoms with Crippen LogP contribution >= 0.6 is 0 Å². The van der Waals surface area contributed by atoms with Gasteiger partial charge in [-0.3, -0.25) is 4.98 Å². The fourth-order valence-electron chi connectivity index (χ4n) is 1.89. The van der Waals surface area contributed by atoms with E-state index < -0.39 is 0 Å². The predicted octanol–water partition coefficient (Wildman–Crippen LogP) is 3.25. The van der Waals surface area contributed by atoms with Gasteiger partial charge < -0.3 is 4.74 Å². The van der Waals surface area contributed by atoms with Crippen molar-refractivity contribution in [2.24, 2.45) is 0 Å². The van der Waals surface area contributed by atoms with Crippen LogP contribution in [0.25, 0.3) is 11.1 Å². The van der Waals surface area contributed by atoms with Crippen molar-refractivity contribution in [3.05, 3.63) is 47.3 Å². The summed E-state index contributed by atoms with van der Waals surface area (Å²) in [6.07, 6.45) is 1.60. The number of aryl methyl sites for hydroxylation is 2. The van der Waals surface area contributed by atoms with Gasteiger partial charge in [0.25, 0.3) is 0 Å². The number of ether oxygens (including phenoxy) is 1. The van der Waals surface area contributed by atoms with E-state index in [0.29, 0.717) is 5.56 Å². The van der Waals surface area contributed by atoms with E-state index >= 15 is 0 Å². The standard InChI is InChI=1S/C15H14N2O/c1-10-4-5-13(15(6-10)18-3)14-7-11(2)17-9-12(14)8-16/h4-7,9H,1-3H3. The molecular formula is C15H14N2O. The Morgan fingerprint density at radius 3 is 2.61 bits per heavy atom. The maximum Gasteiger partial charge on any atom is 0.126 e. The van der Waals surface area contributed by atoms with E-state index in [2.05, 4.69) is 11.1 Å². The smallest absolute Gasteiger partial charge is 0.126 e. The predicted molar refractivity (Wildman–Crippen MR) is 70.4 cm³/mol. The van der Waals surface area contributed by atoms with Crippen molar-refractivity contribution in [2.45, 2.75) is 13.8 Å². The summed E-state index contributed by atoms with van der Waals surface area (Å²) in [6, 6.07) is 10.0. The number of hydrogen-bond donors (Lipinski definition) is 0. The van der Waals surface area contributed by atoms with Crippen molar-refractivity contribution in [1.82, 2.24) is 4.98 Å². The molecule has 3 heteroatoms. The molecule has 0 unspecified atom stereocenters. The monoisotopic (exact) mass is 238 g/mol. The van der Waals surface area contributed by atoms with E-state index in [-0.39, 0.29) is 0 Å². The van der Waals surface area contributed by atoms with Crippen LogP contribution in [0.1, 0.15) is 16.8 Å². The highest BCUT2D eigenvalue weighted by atomic mass is 16.5. The van der Waals surface area contributed by atoms with Crippen molar-refractivity contribution in [2.75, 3.05) is 7.11 Å². The lowest BCUT2D eigenvalue weighted by molar-refractivity contribution is 0.416. The van der Waals surface area contributed by atoms with Gasteiger partial charge >= 0.3 is 0 Å². The van der Waals surface area contributed by atoms with E-state index in [1.807, 2.05) is 38.1 Å². The van der Waals surface area contributed by atoms with E-state index in [1.165, 1.54) is 0 Å². The molecule has 1 heterocycles. The summed E-state index contributed by atoms with van der Waals surface area (Å²) in [6.45, 7) is 3.92. The van der Waals surface area contributed by atoms with Gasteiger partial charge in [-0.05, 0) is 31.5 Å². The summed E-state index contributed by atoms with van der Waals surface area (Å²) >= 11 is 0. The summed E-state index contributed by atoms with van der Waals surface area (Å²) in [5.74, 6) is 0.775. The van der Waals surface area contributed by atoms with Crippen LogP contribution in [0.3, 0.4) is 0 Å². The molecule has 2 rings (SSSR count). The van der Waals surface area contributed by atoms with Crippen LogP contribution in [0.2, 0.25) is 0 Å².